The van der Waals surface area contributed by atoms with E-state index >= 15 is 0 Å². The molecule has 0 saturated heterocycles. The average Bonchev–Trinajstić information content (AvgIpc) is 2.04. The van der Waals surface area contributed by atoms with Crippen LogP contribution in [-0.4, -0.2) is 28.7 Å². The van der Waals surface area contributed by atoms with Crippen molar-refractivity contribution >= 4 is 24.7 Å². The van der Waals surface area contributed by atoms with Crippen LogP contribution in [0.5, 0.6) is 0 Å². The molecule has 2 heteroatoms. The Labute approximate surface area is 79.7 Å². The summed E-state index contributed by atoms with van der Waals surface area (Å²) in [6.07, 6.45) is 0. The van der Waals surface area contributed by atoms with Gasteiger partial charge in [0.1, 0.15) is 0 Å². The molecule has 0 N–H and O–H groups in total. The third-order valence-electron chi connectivity index (χ3n) is 1.85. The molecule has 1 aromatic rings. The summed E-state index contributed by atoms with van der Waals surface area (Å²) in [7, 11) is 4.22. The number of anilines is 1. The van der Waals surface area contributed by atoms with Crippen molar-refractivity contribution < 1.29 is 0 Å². The van der Waals surface area contributed by atoms with E-state index in [0.717, 1.165) is 0 Å². The fourth-order valence-electron chi connectivity index (χ4n) is 1.22. The Balaban J connectivity index is 3.09. The van der Waals surface area contributed by atoms with Crippen molar-refractivity contribution in [2.75, 3.05) is 19.0 Å². The number of para-hydroxylation sites is 1. The van der Waals surface area contributed by atoms with E-state index in [9.17, 15) is 0 Å². The predicted molar refractivity (Wildman–Crippen MR) is 57.9 cm³/mol. The Morgan fingerprint density at radius 1 is 1.08 bits per heavy atom. The van der Waals surface area contributed by atoms with E-state index in [2.05, 4.69) is 54.7 Å². The molecule has 0 unspecified atom stereocenters. The molecule has 1 rings (SSSR count). The standard InChI is InChI=1S/C10H16AsN/c1-11(2)9-7-5-6-8-10(9)12(3)4/h5-8H,1-4H3. The van der Waals surface area contributed by atoms with Gasteiger partial charge in [-0.15, -0.1) is 0 Å². The fourth-order valence-corrected chi connectivity index (χ4v) is 3.56. The quantitative estimate of drug-likeness (QED) is 0.692. The molecule has 0 saturated carbocycles. The average molecular weight is 225 g/mol. The van der Waals surface area contributed by atoms with Crippen LogP contribution in [-0.2, 0) is 0 Å². The second kappa shape index (κ2) is 4.00. The molecule has 12 heavy (non-hydrogen) atoms. The monoisotopic (exact) mass is 225 g/mol. The molecule has 0 fully saturated rings. The van der Waals surface area contributed by atoms with E-state index in [-0.39, 0.29) is 0 Å². The molecular weight excluding hydrogens is 209 g/mol. The fraction of sp³-hybridized carbons (Fsp3) is 0.400. The summed E-state index contributed by atoms with van der Waals surface area (Å²) < 4.78 is 1.56. The van der Waals surface area contributed by atoms with Crippen LogP contribution in [0.15, 0.2) is 24.3 Å². The maximum atomic E-state index is 2.37. The van der Waals surface area contributed by atoms with Gasteiger partial charge in [0, 0.05) is 0 Å². The van der Waals surface area contributed by atoms with Crippen molar-refractivity contribution in [3.05, 3.63) is 24.3 Å². The van der Waals surface area contributed by atoms with Crippen LogP contribution in [0.4, 0.5) is 5.69 Å². The first kappa shape index (κ1) is 9.66. The molecule has 1 nitrogen and oxygen atoms in total. The molecule has 0 aliphatic heterocycles. The summed E-state index contributed by atoms with van der Waals surface area (Å²) in [5.41, 5.74) is 6.13. The summed E-state index contributed by atoms with van der Waals surface area (Å²) in [4.78, 5) is 2.20. The topological polar surface area (TPSA) is 3.24 Å². The van der Waals surface area contributed by atoms with Crippen molar-refractivity contribution in [2.45, 2.75) is 11.4 Å². The van der Waals surface area contributed by atoms with E-state index in [4.69, 9.17) is 0 Å². The van der Waals surface area contributed by atoms with Crippen molar-refractivity contribution in [1.29, 1.82) is 0 Å². The summed E-state index contributed by atoms with van der Waals surface area (Å²) in [6, 6.07) is 8.70. The van der Waals surface area contributed by atoms with Gasteiger partial charge in [-0.3, -0.25) is 0 Å². The first-order valence-electron chi connectivity index (χ1n) is 4.06. The van der Waals surface area contributed by atoms with Crippen LogP contribution < -0.4 is 9.25 Å². The number of hydrogen-bond donors (Lipinski definition) is 0. The van der Waals surface area contributed by atoms with Gasteiger partial charge in [-0.25, -0.2) is 0 Å². The summed E-state index contributed by atoms with van der Waals surface area (Å²) in [6.45, 7) is 0. The Morgan fingerprint density at radius 2 is 1.67 bits per heavy atom. The molecule has 0 atom stereocenters. The van der Waals surface area contributed by atoms with Crippen molar-refractivity contribution in [1.82, 2.24) is 0 Å². The van der Waals surface area contributed by atoms with Gasteiger partial charge in [-0.05, 0) is 0 Å². The molecule has 0 bridgehead atoms. The van der Waals surface area contributed by atoms with Gasteiger partial charge in [-0.2, -0.15) is 0 Å². The molecule has 0 aromatic heterocycles. The maximum absolute atomic E-state index is 2.37. The minimum absolute atomic E-state index is 0.729. The molecule has 0 aliphatic rings. The van der Waals surface area contributed by atoms with Gasteiger partial charge in [0.25, 0.3) is 0 Å². The molecule has 0 aliphatic carbocycles. The molecule has 0 radical (unpaired) electrons. The van der Waals surface area contributed by atoms with Crippen LogP contribution in [0.2, 0.25) is 11.4 Å². The molecule has 0 spiro atoms. The van der Waals surface area contributed by atoms with Crippen molar-refractivity contribution in [2.24, 2.45) is 0 Å². The second-order valence-corrected chi connectivity index (χ2v) is 8.04. The van der Waals surface area contributed by atoms with Gasteiger partial charge in [-0.1, -0.05) is 0 Å². The van der Waals surface area contributed by atoms with Crippen molar-refractivity contribution in [3.63, 3.8) is 0 Å². The first-order valence-corrected chi connectivity index (χ1v) is 8.75. The van der Waals surface area contributed by atoms with E-state index in [1.54, 1.807) is 4.35 Å². The van der Waals surface area contributed by atoms with Gasteiger partial charge in [0.05, 0.1) is 0 Å². The Bertz CT molecular complexity index is 229. The van der Waals surface area contributed by atoms with E-state index in [1.165, 1.54) is 5.69 Å². The zero-order chi connectivity index (χ0) is 9.14. The summed E-state index contributed by atoms with van der Waals surface area (Å²) in [5, 5.41) is 0. The molecule has 1 aromatic carbocycles. The molecular formula is C10H16AsN. The van der Waals surface area contributed by atoms with Crippen LogP contribution in [0, 0.1) is 0 Å². The Hall–Kier alpha value is -0.422. The molecule has 66 valence electrons. The van der Waals surface area contributed by atoms with Crippen LogP contribution in [0.25, 0.3) is 0 Å². The Kier molecular flexibility index (Phi) is 3.22. The van der Waals surface area contributed by atoms with Crippen molar-refractivity contribution in [3.8, 4) is 0 Å². The summed E-state index contributed by atoms with van der Waals surface area (Å²) >= 11 is -0.729. The van der Waals surface area contributed by atoms with E-state index < -0.39 is 14.7 Å². The van der Waals surface area contributed by atoms with E-state index in [0.29, 0.717) is 0 Å². The number of nitrogens with zero attached hydrogens (tertiary/aromatic N) is 1. The normalized spacial score (nSPS) is 10.4. The first-order chi connectivity index (χ1) is 5.63. The predicted octanol–water partition coefficient (Wildman–Crippen LogP) is 1.71. The van der Waals surface area contributed by atoms with Gasteiger partial charge < -0.3 is 0 Å². The van der Waals surface area contributed by atoms with Gasteiger partial charge in [0.15, 0.2) is 0 Å². The van der Waals surface area contributed by atoms with Gasteiger partial charge >= 0.3 is 79.4 Å². The third kappa shape index (κ3) is 2.04. The Morgan fingerprint density at radius 3 is 2.08 bits per heavy atom. The van der Waals surface area contributed by atoms with Gasteiger partial charge in [0.2, 0.25) is 0 Å². The zero-order valence-corrected chi connectivity index (χ0v) is 10.1. The summed E-state index contributed by atoms with van der Waals surface area (Å²) in [5.74, 6) is 0. The van der Waals surface area contributed by atoms with Crippen LogP contribution in [0.1, 0.15) is 0 Å². The molecule has 0 amide bonds. The number of benzene rings is 1. The van der Waals surface area contributed by atoms with E-state index in [1.807, 2.05) is 0 Å². The third-order valence-corrected chi connectivity index (χ3v) is 4.66. The van der Waals surface area contributed by atoms with Crippen LogP contribution in [0.3, 0.4) is 0 Å². The molecule has 0 heterocycles. The number of hydrogen-bond acceptors (Lipinski definition) is 1. The van der Waals surface area contributed by atoms with Crippen LogP contribution >= 0.6 is 0 Å². The number of rotatable bonds is 2. The zero-order valence-electron chi connectivity index (χ0n) is 8.20. The second-order valence-electron chi connectivity index (χ2n) is 3.28. The SMILES string of the molecule is CN(C)c1ccccc1[As](C)C. The minimum atomic E-state index is -0.729.